The van der Waals surface area contributed by atoms with Crippen molar-refractivity contribution in [2.45, 2.75) is 39.2 Å². The van der Waals surface area contributed by atoms with Crippen LogP contribution in [0, 0.1) is 18.7 Å². The lowest BCUT2D eigenvalue weighted by Gasteiger charge is -2.23. The third kappa shape index (κ3) is 4.02. The van der Waals surface area contributed by atoms with E-state index >= 15 is 0 Å². The van der Waals surface area contributed by atoms with Crippen molar-refractivity contribution in [3.63, 3.8) is 0 Å². The highest BCUT2D eigenvalue weighted by atomic mass is 19.1. The van der Waals surface area contributed by atoms with E-state index < -0.39 is 0 Å². The van der Waals surface area contributed by atoms with Gasteiger partial charge in [-0.25, -0.2) is 4.39 Å². The Bertz CT molecular complexity index is 402. The Morgan fingerprint density at radius 1 is 1.47 bits per heavy atom. The molecule has 2 unspecified atom stereocenters. The van der Waals surface area contributed by atoms with Gasteiger partial charge in [-0.15, -0.1) is 0 Å². The van der Waals surface area contributed by atoms with E-state index in [1.165, 1.54) is 6.07 Å². The van der Waals surface area contributed by atoms with Gasteiger partial charge in [0.25, 0.3) is 0 Å². The Morgan fingerprint density at radius 3 is 3.00 bits per heavy atom. The number of aryl methyl sites for hydroxylation is 1. The average Bonchev–Trinajstić information content (AvgIpc) is 2.90. The predicted molar refractivity (Wildman–Crippen MR) is 75.7 cm³/mol. The summed E-state index contributed by atoms with van der Waals surface area (Å²) in [5.41, 5.74) is 2.26. The SMILES string of the molecule is CCCNC(CC1CCOC1)c1cc(F)ccc1C. The van der Waals surface area contributed by atoms with Crippen LogP contribution in [-0.4, -0.2) is 19.8 Å². The molecule has 0 amide bonds. The van der Waals surface area contributed by atoms with Crippen molar-refractivity contribution in [2.75, 3.05) is 19.8 Å². The largest absolute Gasteiger partial charge is 0.381 e. The Balaban J connectivity index is 2.12. The van der Waals surface area contributed by atoms with Crippen LogP contribution < -0.4 is 5.32 Å². The summed E-state index contributed by atoms with van der Waals surface area (Å²) in [5.74, 6) is 0.448. The van der Waals surface area contributed by atoms with Gasteiger partial charge < -0.3 is 10.1 Å². The Kier molecular flexibility index (Phi) is 5.34. The van der Waals surface area contributed by atoms with Crippen molar-refractivity contribution in [2.24, 2.45) is 5.92 Å². The maximum atomic E-state index is 13.5. The molecule has 2 rings (SSSR count). The van der Waals surface area contributed by atoms with Crippen LogP contribution in [0.5, 0.6) is 0 Å². The summed E-state index contributed by atoms with van der Waals surface area (Å²) < 4.78 is 18.9. The predicted octanol–water partition coefficient (Wildman–Crippen LogP) is 3.60. The highest BCUT2D eigenvalue weighted by molar-refractivity contribution is 5.29. The molecule has 1 saturated heterocycles. The van der Waals surface area contributed by atoms with Crippen LogP contribution in [0.2, 0.25) is 0 Å². The zero-order chi connectivity index (χ0) is 13.7. The third-order valence-electron chi connectivity index (χ3n) is 3.85. The van der Waals surface area contributed by atoms with Gasteiger partial charge in [0.2, 0.25) is 0 Å². The number of ether oxygens (including phenoxy) is 1. The molecule has 1 N–H and O–H groups in total. The number of nitrogens with one attached hydrogen (secondary N) is 1. The Labute approximate surface area is 115 Å². The van der Waals surface area contributed by atoms with Crippen molar-refractivity contribution in [3.8, 4) is 0 Å². The summed E-state index contributed by atoms with van der Waals surface area (Å²) in [7, 11) is 0. The number of halogens is 1. The molecule has 19 heavy (non-hydrogen) atoms. The minimum atomic E-state index is -0.147. The number of benzene rings is 1. The number of rotatable bonds is 6. The lowest BCUT2D eigenvalue weighted by Crippen LogP contribution is -2.25. The van der Waals surface area contributed by atoms with Gasteiger partial charge in [0.05, 0.1) is 0 Å². The minimum Gasteiger partial charge on any atom is -0.381 e. The molecule has 0 aromatic heterocycles. The first-order valence-electron chi connectivity index (χ1n) is 7.28. The van der Waals surface area contributed by atoms with Gasteiger partial charge in [-0.05, 0) is 61.9 Å². The molecule has 1 aromatic carbocycles. The number of hydrogen-bond acceptors (Lipinski definition) is 2. The smallest absolute Gasteiger partial charge is 0.123 e. The first kappa shape index (κ1) is 14.5. The zero-order valence-electron chi connectivity index (χ0n) is 11.9. The summed E-state index contributed by atoms with van der Waals surface area (Å²) in [5, 5.41) is 3.56. The van der Waals surface area contributed by atoms with Crippen LogP contribution in [-0.2, 0) is 4.74 Å². The van der Waals surface area contributed by atoms with E-state index in [0.717, 1.165) is 50.1 Å². The molecule has 0 aliphatic carbocycles. The minimum absolute atomic E-state index is 0.147. The van der Waals surface area contributed by atoms with Gasteiger partial charge in [-0.2, -0.15) is 0 Å². The van der Waals surface area contributed by atoms with Crippen LogP contribution >= 0.6 is 0 Å². The van der Waals surface area contributed by atoms with Gasteiger partial charge in [0, 0.05) is 19.3 Å². The van der Waals surface area contributed by atoms with E-state index in [4.69, 9.17) is 4.74 Å². The van der Waals surface area contributed by atoms with Crippen LogP contribution in [0.25, 0.3) is 0 Å². The molecule has 1 aromatic rings. The van der Waals surface area contributed by atoms with Crippen LogP contribution in [0.4, 0.5) is 4.39 Å². The second kappa shape index (κ2) is 7.01. The molecule has 0 bridgehead atoms. The fourth-order valence-corrected chi connectivity index (χ4v) is 2.73. The second-order valence-corrected chi connectivity index (χ2v) is 5.47. The second-order valence-electron chi connectivity index (χ2n) is 5.47. The molecule has 0 spiro atoms. The molecule has 1 aliphatic rings. The molecule has 2 nitrogen and oxygen atoms in total. The molecule has 1 fully saturated rings. The van der Waals surface area contributed by atoms with Crippen LogP contribution in [0.1, 0.15) is 43.4 Å². The lowest BCUT2D eigenvalue weighted by atomic mass is 9.91. The third-order valence-corrected chi connectivity index (χ3v) is 3.85. The highest BCUT2D eigenvalue weighted by Crippen LogP contribution is 2.28. The summed E-state index contributed by atoms with van der Waals surface area (Å²) in [6, 6.07) is 5.32. The van der Waals surface area contributed by atoms with Gasteiger partial charge in [-0.1, -0.05) is 13.0 Å². The quantitative estimate of drug-likeness (QED) is 0.848. The highest BCUT2D eigenvalue weighted by Gasteiger charge is 2.22. The summed E-state index contributed by atoms with van der Waals surface area (Å²) in [6.45, 7) is 6.89. The van der Waals surface area contributed by atoms with E-state index in [2.05, 4.69) is 19.2 Å². The standard InChI is InChI=1S/C16H24FNO/c1-3-7-18-16(9-13-6-8-19-11-13)15-10-14(17)5-4-12(15)2/h4-5,10,13,16,18H,3,6-9,11H2,1-2H3. The fraction of sp³-hybridized carbons (Fsp3) is 0.625. The Hall–Kier alpha value is -0.930. The van der Waals surface area contributed by atoms with Crippen molar-refractivity contribution < 1.29 is 9.13 Å². The fourth-order valence-electron chi connectivity index (χ4n) is 2.73. The van der Waals surface area contributed by atoms with Gasteiger partial charge in [0.1, 0.15) is 5.82 Å². The summed E-state index contributed by atoms with van der Waals surface area (Å²) in [4.78, 5) is 0. The van der Waals surface area contributed by atoms with Crippen molar-refractivity contribution in [1.29, 1.82) is 0 Å². The summed E-state index contributed by atoms with van der Waals surface area (Å²) >= 11 is 0. The van der Waals surface area contributed by atoms with Crippen LogP contribution in [0.3, 0.4) is 0 Å². The molecular weight excluding hydrogens is 241 g/mol. The van der Waals surface area contributed by atoms with Gasteiger partial charge in [0.15, 0.2) is 0 Å². The molecule has 0 radical (unpaired) electrons. The van der Waals surface area contributed by atoms with E-state index in [9.17, 15) is 4.39 Å². The number of hydrogen-bond donors (Lipinski definition) is 1. The molecule has 1 heterocycles. The molecular formula is C16H24FNO. The molecule has 2 atom stereocenters. The first-order valence-corrected chi connectivity index (χ1v) is 7.28. The van der Waals surface area contributed by atoms with E-state index in [0.29, 0.717) is 5.92 Å². The first-order chi connectivity index (χ1) is 9.20. The molecule has 106 valence electrons. The van der Waals surface area contributed by atoms with Crippen molar-refractivity contribution >= 4 is 0 Å². The van der Waals surface area contributed by atoms with E-state index in [-0.39, 0.29) is 11.9 Å². The van der Waals surface area contributed by atoms with Crippen molar-refractivity contribution in [3.05, 3.63) is 35.1 Å². The van der Waals surface area contributed by atoms with Gasteiger partial charge >= 0.3 is 0 Å². The average molecular weight is 265 g/mol. The lowest BCUT2D eigenvalue weighted by molar-refractivity contribution is 0.181. The van der Waals surface area contributed by atoms with E-state index in [1.54, 1.807) is 6.07 Å². The maximum absolute atomic E-state index is 13.5. The molecule has 1 aliphatic heterocycles. The Morgan fingerprint density at radius 2 is 2.32 bits per heavy atom. The van der Waals surface area contributed by atoms with Crippen LogP contribution in [0.15, 0.2) is 18.2 Å². The van der Waals surface area contributed by atoms with Crippen molar-refractivity contribution in [1.82, 2.24) is 5.32 Å². The summed E-state index contributed by atoms with van der Waals surface area (Å²) in [6.07, 6.45) is 3.25. The van der Waals surface area contributed by atoms with E-state index in [1.807, 2.05) is 6.07 Å². The normalized spacial score (nSPS) is 20.7. The zero-order valence-corrected chi connectivity index (χ0v) is 11.9. The monoisotopic (exact) mass is 265 g/mol. The molecule has 3 heteroatoms. The topological polar surface area (TPSA) is 21.3 Å². The maximum Gasteiger partial charge on any atom is 0.123 e. The van der Waals surface area contributed by atoms with Gasteiger partial charge in [-0.3, -0.25) is 0 Å². The molecule has 0 saturated carbocycles.